The first kappa shape index (κ1) is 17.9. The third-order valence-electron chi connectivity index (χ3n) is 2.81. The third-order valence-corrected chi connectivity index (χ3v) is 5.45. The molecule has 0 amide bonds. The zero-order chi connectivity index (χ0) is 16.7. The maximum absolute atomic E-state index is 8.81. The van der Waals surface area contributed by atoms with Crippen molar-refractivity contribution in [2.75, 3.05) is 13.2 Å². The third kappa shape index (κ3) is 5.03. The average Bonchev–Trinajstić information content (AvgIpc) is 2.94. The largest absolute Gasteiger partial charge is 0.348 e. The van der Waals surface area contributed by atoms with Gasteiger partial charge in [0.15, 0.2) is 6.29 Å². The van der Waals surface area contributed by atoms with Crippen molar-refractivity contribution in [3.05, 3.63) is 42.7 Å². The van der Waals surface area contributed by atoms with Gasteiger partial charge >= 0.3 is 0 Å². The lowest BCUT2D eigenvalue weighted by atomic mass is 10.2. The van der Waals surface area contributed by atoms with Crippen LogP contribution in [0.5, 0.6) is 0 Å². The van der Waals surface area contributed by atoms with Gasteiger partial charge in [0.25, 0.3) is 0 Å². The van der Waals surface area contributed by atoms with Crippen molar-refractivity contribution in [2.45, 2.75) is 20.1 Å². The number of hydrogen-bond donors (Lipinski definition) is 0. The second kappa shape index (κ2) is 9.01. The van der Waals surface area contributed by atoms with E-state index in [-0.39, 0.29) is 0 Å². The van der Waals surface area contributed by atoms with Crippen LogP contribution in [0.25, 0.3) is 0 Å². The van der Waals surface area contributed by atoms with Gasteiger partial charge in [-0.3, -0.25) is 4.99 Å². The molecule has 7 heteroatoms. The fourth-order valence-electron chi connectivity index (χ4n) is 1.81. The second-order valence-corrected chi connectivity index (χ2v) is 7.63. The van der Waals surface area contributed by atoms with Gasteiger partial charge in [-0.15, -0.1) is 22.7 Å². The minimum Gasteiger partial charge on any atom is -0.348 e. The van der Waals surface area contributed by atoms with Crippen LogP contribution in [0, 0.1) is 14.5 Å². The van der Waals surface area contributed by atoms with E-state index in [0.717, 1.165) is 18.6 Å². The predicted octanol–water partition coefficient (Wildman–Crippen LogP) is 5.23. The van der Waals surface area contributed by atoms with Gasteiger partial charge in [-0.1, -0.05) is 12.2 Å². The quantitative estimate of drug-likeness (QED) is 0.383. The van der Waals surface area contributed by atoms with Gasteiger partial charge in [-0.2, -0.15) is 5.26 Å². The van der Waals surface area contributed by atoms with Gasteiger partial charge in [0.1, 0.15) is 3.14 Å². The van der Waals surface area contributed by atoms with Crippen LogP contribution >= 0.6 is 34.9 Å². The fraction of sp³-hybridized carbons (Fsp3) is 0.312. The SMILES string of the molecule is CCOC(OCC)c1sc(=S)sc1C=Nc1ccc(C#N)cc1. The number of benzene rings is 1. The monoisotopic (exact) mass is 364 g/mol. The van der Waals surface area contributed by atoms with Crippen molar-refractivity contribution >= 4 is 46.8 Å². The molecule has 1 heterocycles. The van der Waals surface area contributed by atoms with Crippen LogP contribution in [0.2, 0.25) is 0 Å². The Bertz CT molecular complexity index is 751. The minimum absolute atomic E-state index is 0.412. The summed E-state index contributed by atoms with van der Waals surface area (Å²) in [5.41, 5.74) is 1.40. The number of hydrogen-bond acceptors (Lipinski definition) is 7. The smallest absolute Gasteiger partial charge is 0.194 e. The molecule has 0 fully saturated rings. The highest BCUT2D eigenvalue weighted by atomic mass is 32.2. The lowest BCUT2D eigenvalue weighted by Gasteiger charge is -2.15. The highest BCUT2D eigenvalue weighted by Gasteiger charge is 2.18. The first-order chi connectivity index (χ1) is 11.2. The molecule has 4 nitrogen and oxygen atoms in total. The van der Waals surface area contributed by atoms with Crippen molar-refractivity contribution in [2.24, 2.45) is 4.99 Å². The van der Waals surface area contributed by atoms with E-state index in [9.17, 15) is 0 Å². The highest BCUT2D eigenvalue weighted by Crippen LogP contribution is 2.32. The second-order valence-electron chi connectivity index (χ2n) is 4.34. The van der Waals surface area contributed by atoms with Crippen LogP contribution in [0.15, 0.2) is 29.3 Å². The van der Waals surface area contributed by atoms with E-state index >= 15 is 0 Å². The lowest BCUT2D eigenvalue weighted by molar-refractivity contribution is -0.138. The van der Waals surface area contributed by atoms with Gasteiger partial charge in [0.2, 0.25) is 0 Å². The molecule has 0 aliphatic heterocycles. The molecule has 0 atom stereocenters. The summed E-state index contributed by atoms with van der Waals surface area (Å²) in [6.07, 6.45) is 1.36. The molecule has 0 bridgehead atoms. The Kier molecular flexibility index (Phi) is 7.02. The number of aliphatic imine (C=N–C) groups is 1. The van der Waals surface area contributed by atoms with Gasteiger partial charge in [-0.25, -0.2) is 0 Å². The maximum atomic E-state index is 8.81. The van der Waals surface area contributed by atoms with Crippen LogP contribution in [0.1, 0.15) is 35.5 Å². The maximum Gasteiger partial charge on any atom is 0.194 e. The highest BCUT2D eigenvalue weighted by molar-refractivity contribution is 7.76. The molecule has 0 aliphatic carbocycles. The molecule has 0 saturated carbocycles. The van der Waals surface area contributed by atoms with E-state index in [1.807, 2.05) is 26.0 Å². The fourth-order valence-corrected chi connectivity index (χ4v) is 4.35. The van der Waals surface area contributed by atoms with Crippen LogP contribution < -0.4 is 0 Å². The predicted molar refractivity (Wildman–Crippen MR) is 97.4 cm³/mol. The summed E-state index contributed by atoms with van der Waals surface area (Å²) in [6, 6.07) is 9.19. The zero-order valence-electron chi connectivity index (χ0n) is 12.8. The number of ether oxygens (including phenoxy) is 2. The molecule has 23 heavy (non-hydrogen) atoms. The summed E-state index contributed by atoms with van der Waals surface area (Å²) in [4.78, 5) is 6.34. The Morgan fingerprint density at radius 2 is 1.87 bits per heavy atom. The van der Waals surface area contributed by atoms with E-state index < -0.39 is 6.29 Å². The molecule has 2 aromatic rings. The molecule has 0 N–H and O–H groups in total. The van der Waals surface area contributed by atoms with Crippen molar-refractivity contribution in [1.82, 2.24) is 0 Å². The summed E-state index contributed by atoms with van der Waals surface area (Å²) in [5, 5.41) is 8.81. The Balaban J connectivity index is 2.26. The van der Waals surface area contributed by atoms with Crippen molar-refractivity contribution < 1.29 is 9.47 Å². The molecule has 1 aromatic heterocycles. The number of rotatable bonds is 7. The zero-order valence-corrected chi connectivity index (χ0v) is 15.3. The van der Waals surface area contributed by atoms with Gasteiger partial charge in [0.05, 0.1) is 27.1 Å². The lowest BCUT2D eigenvalue weighted by Crippen LogP contribution is -2.08. The summed E-state index contributed by atoms with van der Waals surface area (Å²) < 4.78 is 12.1. The number of nitriles is 1. The van der Waals surface area contributed by atoms with Gasteiger partial charge in [0, 0.05) is 19.4 Å². The normalized spacial score (nSPS) is 11.2. The first-order valence-corrected chi connectivity index (χ1v) is 9.13. The Hall–Kier alpha value is -1.43. The minimum atomic E-state index is -0.412. The van der Waals surface area contributed by atoms with Crippen LogP contribution in [-0.2, 0) is 9.47 Å². The molecule has 120 valence electrons. The molecule has 0 unspecified atom stereocenters. The van der Waals surface area contributed by atoms with Crippen LogP contribution in [0.4, 0.5) is 5.69 Å². The van der Waals surface area contributed by atoms with Gasteiger partial charge < -0.3 is 9.47 Å². The molecule has 0 spiro atoms. The summed E-state index contributed by atoms with van der Waals surface area (Å²) in [6.45, 7) is 4.99. The molecule has 0 radical (unpaired) electrons. The Morgan fingerprint density at radius 1 is 1.22 bits per heavy atom. The van der Waals surface area contributed by atoms with E-state index in [1.54, 1.807) is 18.3 Å². The van der Waals surface area contributed by atoms with Crippen molar-refractivity contribution in [1.29, 1.82) is 5.26 Å². The summed E-state index contributed by atoms with van der Waals surface area (Å²) in [7, 11) is 0. The molecule has 0 aliphatic rings. The molecular weight excluding hydrogens is 348 g/mol. The summed E-state index contributed by atoms with van der Waals surface area (Å²) >= 11 is 8.29. The molecule has 1 aromatic carbocycles. The van der Waals surface area contributed by atoms with Crippen LogP contribution in [0.3, 0.4) is 0 Å². The summed E-state index contributed by atoms with van der Waals surface area (Å²) in [5.74, 6) is 0. The van der Waals surface area contributed by atoms with Crippen LogP contribution in [-0.4, -0.2) is 19.4 Å². The van der Waals surface area contributed by atoms with E-state index in [1.165, 1.54) is 22.7 Å². The van der Waals surface area contributed by atoms with E-state index in [2.05, 4.69) is 11.1 Å². The topological polar surface area (TPSA) is 54.6 Å². The molecular formula is C16H16N2O2S3. The Labute approximate surface area is 148 Å². The number of nitrogens with zero attached hydrogens (tertiary/aromatic N) is 2. The van der Waals surface area contributed by atoms with E-state index in [0.29, 0.717) is 18.8 Å². The molecule has 0 saturated heterocycles. The first-order valence-electron chi connectivity index (χ1n) is 7.09. The standard InChI is InChI=1S/C16H16N2O2S3/c1-3-19-15(20-4-2)14-13(22-16(21)23-14)10-18-12-7-5-11(9-17)6-8-12/h5-8,10,15H,3-4H2,1-2H3. The Morgan fingerprint density at radius 3 is 2.43 bits per heavy atom. The van der Waals surface area contributed by atoms with Crippen molar-refractivity contribution in [3.8, 4) is 6.07 Å². The molecule has 2 rings (SSSR count). The average molecular weight is 365 g/mol. The van der Waals surface area contributed by atoms with E-state index in [4.69, 9.17) is 27.0 Å². The van der Waals surface area contributed by atoms with Crippen molar-refractivity contribution in [3.63, 3.8) is 0 Å². The van der Waals surface area contributed by atoms with Gasteiger partial charge in [-0.05, 0) is 38.1 Å².